The van der Waals surface area contributed by atoms with Crippen molar-refractivity contribution < 1.29 is 0 Å². The topological polar surface area (TPSA) is 0 Å². The minimum absolute atomic E-state index is 0.923. The Morgan fingerprint density at radius 3 is 2.54 bits per heavy atom. The van der Waals surface area contributed by atoms with Gasteiger partial charge in [-0.05, 0) is 42.4 Å². The predicted molar refractivity (Wildman–Crippen MR) is 67.6 cm³/mol. The number of thiol groups is 1. The molecule has 0 radical (unpaired) electrons. The first-order chi connectivity index (χ1) is 6.31. The van der Waals surface area contributed by atoms with Gasteiger partial charge in [-0.15, -0.1) is 23.5 Å². The molecule has 0 aliphatic carbocycles. The van der Waals surface area contributed by atoms with E-state index < -0.39 is 0 Å². The summed E-state index contributed by atoms with van der Waals surface area (Å²) >= 11 is 7.86. The number of benzene rings is 1. The normalized spacial score (nSPS) is 10.4. The number of thioether (sulfide) groups is 2. The highest BCUT2D eigenvalue weighted by Crippen LogP contribution is 2.26. The first-order valence-electron chi connectivity index (χ1n) is 4.13. The van der Waals surface area contributed by atoms with Crippen molar-refractivity contribution in [2.75, 3.05) is 18.3 Å². The molecule has 0 saturated carbocycles. The zero-order valence-electron chi connectivity index (χ0n) is 7.91. The Morgan fingerprint density at radius 2 is 2.00 bits per heavy atom. The van der Waals surface area contributed by atoms with Gasteiger partial charge in [0.15, 0.2) is 0 Å². The van der Waals surface area contributed by atoms with Crippen molar-refractivity contribution in [3.63, 3.8) is 0 Å². The molecule has 0 fully saturated rings. The molecule has 0 aliphatic rings. The van der Waals surface area contributed by atoms with Crippen LogP contribution in [-0.4, -0.2) is 18.3 Å². The van der Waals surface area contributed by atoms with Crippen LogP contribution in [-0.2, 0) is 6.42 Å². The van der Waals surface area contributed by atoms with Gasteiger partial charge in [0.05, 0.1) is 0 Å². The third kappa shape index (κ3) is 3.15. The molecular weight excluding hydrogens is 216 g/mol. The summed E-state index contributed by atoms with van der Waals surface area (Å²) in [5.41, 5.74) is 1.42. The van der Waals surface area contributed by atoms with Crippen LogP contribution in [0, 0.1) is 0 Å². The summed E-state index contributed by atoms with van der Waals surface area (Å²) in [6.07, 6.45) is 5.30. The minimum Gasteiger partial charge on any atom is -0.179 e. The van der Waals surface area contributed by atoms with Crippen molar-refractivity contribution in [2.45, 2.75) is 16.2 Å². The molecule has 0 spiro atoms. The molecular formula is C10H14S3. The van der Waals surface area contributed by atoms with Crippen LogP contribution >= 0.6 is 36.2 Å². The van der Waals surface area contributed by atoms with E-state index in [1.165, 1.54) is 15.4 Å². The summed E-state index contributed by atoms with van der Waals surface area (Å²) in [7, 11) is 0. The smallest absolute Gasteiger partial charge is 0.0113 e. The fraction of sp³-hybridized carbons (Fsp3) is 0.400. The maximum atomic E-state index is 4.25. The molecule has 0 nitrogen and oxygen atoms in total. The van der Waals surface area contributed by atoms with E-state index in [0.29, 0.717) is 0 Å². The maximum absolute atomic E-state index is 4.25. The van der Waals surface area contributed by atoms with Crippen LogP contribution in [0.3, 0.4) is 0 Å². The van der Waals surface area contributed by atoms with Crippen LogP contribution in [0.15, 0.2) is 28.0 Å². The summed E-state index contributed by atoms with van der Waals surface area (Å²) in [6, 6.07) is 6.66. The molecule has 13 heavy (non-hydrogen) atoms. The maximum Gasteiger partial charge on any atom is 0.0113 e. The third-order valence-corrected chi connectivity index (χ3v) is 3.64. The highest BCUT2D eigenvalue weighted by atomic mass is 32.2. The van der Waals surface area contributed by atoms with Crippen LogP contribution in [0.5, 0.6) is 0 Å². The van der Waals surface area contributed by atoms with Gasteiger partial charge in [0.25, 0.3) is 0 Å². The molecule has 72 valence electrons. The number of aryl methyl sites for hydroxylation is 1. The molecule has 0 aromatic heterocycles. The van der Waals surface area contributed by atoms with Gasteiger partial charge in [-0.25, -0.2) is 0 Å². The van der Waals surface area contributed by atoms with Gasteiger partial charge in [-0.2, -0.15) is 12.6 Å². The highest BCUT2D eigenvalue weighted by Gasteiger charge is 2.01. The molecule has 0 saturated heterocycles. The second kappa shape index (κ2) is 5.89. The van der Waals surface area contributed by atoms with E-state index in [-0.39, 0.29) is 0 Å². The van der Waals surface area contributed by atoms with Gasteiger partial charge in [0, 0.05) is 9.79 Å². The third-order valence-electron chi connectivity index (χ3n) is 1.88. The van der Waals surface area contributed by atoms with Crippen molar-refractivity contribution in [3.05, 3.63) is 23.8 Å². The molecule has 1 rings (SSSR count). The Balaban J connectivity index is 2.93. The van der Waals surface area contributed by atoms with Gasteiger partial charge in [-0.3, -0.25) is 0 Å². The second-order valence-electron chi connectivity index (χ2n) is 2.65. The lowest BCUT2D eigenvalue weighted by Gasteiger charge is -2.07. The first kappa shape index (κ1) is 11.3. The molecule has 1 aromatic carbocycles. The van der Waals surface area contributed by atoms with Crippen molar-refractivity contribution in [1.82, 2.24) is 0 Å². The Labute approximate surface area is 94.3 Å². The molecule has 1 aromatic rings. The molecule has 0 aliphatic heterocycles. The summed E-state index contributed by atoms with van der Waals surface area (Å²) in [5.74, 6) is 0.923. The summed E-state index contributed by atoms with van der Waals surface area (Å²) in [5, 5.41) is 0. The van der Waals surface area contributed by atoms with Crippen molar-refractivity contribution in [1.29, 1.82) is 0 Å². The SMILES string of the molecule is CSc1ccc(CCS)c(SC)c1. The van der Waals surface area contributed by atoms with Gasteiger partial charge >= 0.3 is 0 Å². The van der Waals surface area contributed by atoms with Crippen molar-refractivity contribution in [2.24, 2.45) is 0 Å². The standard InChI is InChI=1S/C10H14S3/c1-12-9-4-3-8(5-6-11)10(7-9)13-2/h3-4,7,11H,5-6H2,1-2H3. The highest BCUT2D eigenvalue weighted by molar-refractivity contribution is 7.99. The van der Waals surface area contributed by atoms with Crippen LogP contribution in [0.4, 0.5) is 0 Å². The average molecular weight is 230 g/mol. The Kier molecular flexibility index (Phi) is 5.14. The monoisotopic (exact) mass is 230 g/mol. The second-order valence-corrected chi connectivity index (χ2v) is 4.83. The number of hydrogen-bond donors (Lipinski definition) is 1. The molecule has 0 amide bonds. The summed E-state index contributed by atoms with van der Waals surface area (Å²) < 4.78 is 0. The average Bonchev–Trinajstić information content (AvgIpc) is 2.19. The van der Waals surface area contributed by atoms with Gasteiger partial charge in [0.1, 0.15) is 0 Å². The van der Waals surface area contributed by atoms with E-state index in [1.807, 2.05) is 11.8 Å². The van der Waals surface area contributed by atoms with E-state index >= 15 is 0 Å². The Bertz CT molecular complexity index is 271. The van der Waals surface area contributed by atoms with Crippen LogP contribution in [0.1, 0.15) is 5.56 Å². The Morgan fingerprint density at radius 1 is 1.23 bits per heavy atom. The van der Waals surface area contributed by atoms with Crippen molar-refractivity contribution >= 4 is 36.2 Å². The quantitative estimate of drug-likeness (QED) is 0.620. The summed E-state index contributed by atoms with van der Waals surface area (Å²) in [6.45, 7) is 0. The molecule has 0 unspecified atom stereocenters. The molecule has 0 bridgehead atoms. The van der Waals surface area contributed by atoms with Gasteiger partial charge in [0.2, 0.25) is 0 Å². The minimum atomic E-state index is 0.923. The van der Waals surface area contributed by atoms with Crippen LogP contribution < -0.4 is 0 Å². The summed E-state index contributed by atoms with van der Waals surface area (Å²) in [4.78, 5) is 2.73. The predicted octanol–water partition coefficient (Wildman–Crippen LogP) is 3.60. The van der Waals surface area contributed by atoms with Crippen LogP contribution in [0.25, 0.3) is 0 Å². The van der Waals surface area contributed by atoms with E-state index in [9.17, 15) is 0 Å². The number of hydrogen-bond acceptors (Lipinski definition) is 3. The number of rotatable bonds is 4. The van der Waals surface area contributed by atoms with Crippen molar-refractivity contribution in [3.8, 4) is 0 Å². The molecule has 0 atom stereocenters. The van der Waals surface area contributed by atoms with Crippen LogP contribution in [0.2, 0.25) is 0 Å². The lowest BCUT2D eigenvalue weighted by Crippen LogP contribution is -1.89. The van der Waals surface area contributed by atoms with Gasteiger partial charge < -0.3 is 0 Å². The molecule has 3 heteroatoms. The van der Waals surface area contributed by atoms with Gasteiger partial charge in [-0.1, -0.05) is 6.07 Å². The largest absolute Gasteiger partial charge is 0.179 e. The first-order valence-corrected chi connectivity index (χ1v) is 7.21. The Hall–Kier alpha value is 0.270. The molecule has 0 heterocycles. The van der Waals surface area contributed by atoms with E-state index in [4.69, 9.17) is 0 Å². The van der Waals surface area contributed by atoms with E-state index in [2.05, 4.69) is 43.3 Å². The fourth-order valence-corrected chi connectivity index (χ4v) is 2.61. The van der Waals surface area contributed by atoms with E-state index in [0.717, 1.165) is 12.2 Å². The lowest BCUT2D eigenvalue weighted by molar-refractivity contribution is 1.08. The molecule has 0 N–H and O–H groups in total. The lowest BCUT2D eigenvalue weighted by atomic mass is 10.2. The zero-order chi connectivity index (χ0) is 9.68. The zero-order valence-corrected chi connectivity index (χ0v) is 10.4. The fourth-order valence-electron chi connectivity index (χ4n) is 1.18. The van der Waals surface area contributed by atoms with E-state index in [1.54, 1.807) is 11.8 Å².